The molecule has 100 valence electrons. The topological polar surface area (TPSA) is 67.3 Å². The van der Waals surface area contributed by atoms with Crippen LogP contribution in [0.3, 0.4) is 0 Å². The van der Waals surface area contributed by atoms with Crippen molar-refractivity contribution in [3.63, 3.8) is 0 Å². The van der Waals surface area contributed by atoms with Crippen molar-refractivity contribution in [2.24, 2.45) is 0 Å². The van der Waals surface area contributed by atoms with Crippen molar-refractivity contribution in [1.29, 1.82) is 0 Å². The van der Waals surface area contributed by atoms with Gasteiger partial charge in [-0.1, -0.05) is 23.2 Å². The van der Waals surface area contributed by atoms with Gasteiger partial charge in [-0.15, -0.1) is 0 Å². The molecule has 0 aromatic carbocycles. The fourth-order valence-electron chi connectivity index (χ4n) is 1.16. The number of hydrogen-bond acceptors (Lipinski definition) is 4. The Morgan fingerprint density at radius 3 is 2.56 bits per heavy atom. The largest absolute Gasteiger partial charge is 0.341 e. The number of hydrogen-bond donors (Lipinski definition) is 0. The number of rotatable bonds is 4. The van der Waals surface area contributed by atoms with Gasteiger partial charge in [-0.25, -0.2) is 13.4 Å². The second-order valence-corrected chi connectivity index (χ2v) is 6.88. The molecule has 1 aromatic rings. The van der Waals surface area contributed by atoms with E-state index >= 15 is 0 Å². The zero-order valence-electron chi connectivity index (χ0n) is 9.85. The molecule has 1 amide bonds. The molecule has 1 aromatic heterocycles. The van der Waals surface area contributed by atoms with Gasteiger partial charge in [0.05, 0.1) is 16.3 Å². The SMILES string of the molecule is CN(CCS(C)(=O)=O)C(=O)c1cnc(Cl)c(Cl)c1. The van der Waals surface area contributed by atoms with Gasteiger partial charge in [0.1, 0.15) is 15.0 Å². The molecule has 0 bridgehead atoms. The standard InChI is InChI=1S/C10H12Cl2N2O3S/c1-14(3-4-18(2,16)17)10(15)7-5-8(11)9(12)13-6-7/h5-6H,3-4H2,1-2H3. The Labute approximate surface area is 116 Å². The number of nitrogens with zero attached hydrogens (tertiary/aromatic N) is 2. The molecule has 0 unspecified atom stereocenters. The van der Waals surface area contributed by atoms with Crippen LogP contribution in [-0.2, 0) is 9.84 Å². The van der Waals surface area contributed by atoms with Crippen LogP contribution in [0, 0.1) is 0 Å². The van der Waals surface area contributed by atoms with E-state index in [0.717, 1.165) is 6.26 Å². The summed E-state index contributed by atoms with van der Waals surface area (Å²) in [6, 6.07) is 1.40. The molecule has 0 aliphatic heterocycles. The molecule has 0 aliphatic rings. The summed E-state index contributed by atoms with van der Waals surface area (Å²) in [7, 11) is -1.60. The van der Waals surface area contributed by atoms with E-state index in [-0.39, 0.29) is 33.9 Å². The summed E-state index contributed by atoms with van der Waals surface area (Å²) in [6.45, 7) is 0.109. The quantitative estimate of drug-likeness (QED) is 0.790. The van der Waals surface area contributed by atoms with Crippen molar-refractivity contribution in [3.05, 3.63) is 28.0 Å². The Morgan fingerprint density at radius 2 is 2.06 bits per heavy atom. The lowest BCUT2D eigenvalue weighted by Gasteiger charge is -2.16. The Morgan fingerprint density at radius 1 is 1.44 bits per heavy atom. The summed E-state index contributed by atoms with van der Waals surface area (Å²) in [5, 5.41) is 0.297. The zero-order chi connectivity index (χ0) is 13.9. The highest BCUT2D eigenvalue weighted by Crippen LogP contribution is 2.20. The normalized spacial score (nSPS) is 11.3. The lowest BCUT2D eigenvalue weighted by molar-refractivity contribution is 0.0803. The molecule has 0 spiro atoms. The smallest absolute Gasteiger partial charge is 0.255 e. The van der Waals surface area contributed by atoms with E-state index in [9.17, 15) is 13.2 Å². The van der Waals surface area contributed by atoms with Crippen molar-refractivity contribution in [1.82, 2.24) is 9.88 Å². The molecule has 1 heterocycles. The molecule has 0 saturated carbocycles. The van der Waals surface area contributed by atoms with Gasteiger partial charge < -0.3 is 4.90 Å². The van der Waals surface area contributed by atoms with Crippen molar-refractivity contribution in [2.75, 3.05) is 25.6 Å². The summed E-state index contributed by atoms with van der Waals surface area (Å²) in [6.07, 6.45) is 2.42. The Hall–Kier alpha value is -0.850. The molecular weight excluding hydrogens is 299 g/mol. The molecule has 1 rings (SSSR count). The van der Waals surface area contributed by atoms with Crippen LogP contribution in [0.1, 0.15) is 10.4 Å². The van der Waals surface area contributed by atoms with E-state index < -0.39 is 9.84 Å². The lowest BCUT2D eigenvalue weighted by Crippen LogP contribution is -2.31. The van der Waals surface area contributed by atoms with Crippen LogP contribution in [0.2, 0.25) is 10.2 Å². The van der Waals surface area contributed by atoms with Gasteiger partial charge in [-0.2, -0.15) is 0 Å². The minimum Gasteiger partial charge on any atom is -0.341 e. The first kappa shape index (κ1) is 15.2. The monoisotopic (exact) mass is 310 g/mol. The fourth-order valence-corrected chi connectivity index (χ4v) is 2.04. The van der Waals surface area contributed by atoms with Gasteiger partial charge in [0.15, 0.2) is 0 Å². The third-order valence-corrected chi connectivity index (χ3v) is 3.80. The third kappa shape index (κ3) is 4.44. The number of sulfone groups is 1. The van der Waals surface area contributed by atoms with Crippen LogP contribution >= 0.6 is 23.2 Å². The molecule has 18 heavy (non-hydrogen) atoms. The first-order valence-corrected chi connectivity index (χ1v) is 7.76. The summed E-state index contributed by atoms with van der Waals surface area (Å²) in [5.41, 5.74) is 0.264. The molecular formula is C10H12Cl2N2O3S. The van der Waals surface area contributed by atoms with Crippen molar-refractivity contribution in [2.45, 2.75) is 0 Å². The first-order chi connectivity index (χ1) is 8.20. The van der Waals surface area contributed by atoms with Gasteiger partial charge >= 0.3 is 0 Å². The number of aromatic nitrogens is 1. The van der Waals surface area contributed by atoms with E-state index in [1.54, 1.807) is 0 Å². The molecule has 8 heteroatoms. The predicted molar refractivity (Wildman–Crippen MR) is 70.9 cm³/mol. The maximum absolute atomic E-state index is 11.9. The molecule has 0 fully saturated rings. The Bertz CT molecular complexity index is 560. The minimum absolute atomic E-state index is 0.0933. The predicted octanol–water partition coefficient (Wildman–Crippen LogP) is 1.50. The van der Waals surface area contributed by atoms with Crippen molar-refractivity contribution >= 4 is 38.9 Å². The van der Waals surface area contributed by atoms with Crippen LogP contribution in [0.4, 0.5) is 0 Å². The van der Waals surface area contributed by atoms with E-state index in [0.29, 0.717) is 0 Å². The highest BCUT2D eigenvalue weighted by Gasteiger charge is 2.15. The Kier molecular flexibility index (Phi) is 4.95. The lowest BCUT2D eigenvalue weighted by atomic mass is 10.2. The number of carbonyl (C=O) groups is 1. The summed E-state index contributed by atoms with van der Waals surface area (Å²) < 4.78 is 22.0. The van der Waals surface area contributed by atoms with Gasteiger partial charge in [0.25, 0.3) is 5.91 Å². The van der Waals surface area contributed by atoms with E-state index in [4.69, 9.17) is 23.2 Å². The number of amides is 1. The van der Waals surface area contributed by atoms with Crippen LogP contribution in [-0.4, -0.2) is 49.8 Å². The second-order valence-electron chi connectivity index (χ2n) is 3.85. The molecule has 0 aliphatic carbocycles. The fraction of sp³-hybridized carbons (Fsp3) is 0.400. The van der Waals surface area contributed by atoms with E-state index in [2.05, 4.69) is 4.98 Å². The van der Waals surface area contributed by atoms with Gasteiger partial charge in [-0.05, 0) is 6.07 Å². The number of pyridine rings is 1. The average molecular weight is 311 g/mol. The number of carbonyl (C=O) groups excluding carboxylic acids is 1. The highest BCUT2D eigenvalue weighted by atomic mass is 35.5. The van der Waals surface area contributed by atoms with E-state index in [1.807, 2.05) is 0 Å². The van der Waals surface area contributed by atoms with Crippen LogP contribution < -0.4 is 0 Å². The molecule has 0 radical (unpaired) electrons. The minimum atomic E-state index is -3.11. The average Bonchev–Trinajstić information content (AvgIpc) is 2.27. The van der Waals surface area contributed by atoms with Crippen LogP contribution in [0.25, 0.3) is 0 Å². The molecule has 0 atom stereocenters. The summed E-state index contributed by atoms with van der Waals surface area (Å²) in [5.74, 6) is -0.450. The zero-order valence-corrected chi connectivity index (χ0v) is 12.2. The summed E-state index contributed by atoms with van der Waals surface area (Å²) >= 11 is 11.4. The van der Waals surface area contributed by atoms with Crippen molar-refractivity contribution < 1.29 is 13.2 Å². The third-order valence-electron chi connectivity index (χ3n) is 2.19. The van der Waals surface area contributed by atoms with E-state index in [1.165, 1.54) is 24.2 Å². The summed E-state index contributed by atoms with van der Waals surface area (Å²) in [4.78, 5) is 17.0. The highest BCUT2D eigenvalue weighted by molar-refractivity contribution is 7.90. The molecule has 0 saturated heterocycles. The molecule has 5 nitrogen and oxygen atoms in total. The Balaban J connectivity index is 2.77. The van der Waals surface area contributed by atoms with Gasteiger partial charge in [0.2, 0.25) is 0 Å². The maximum Gasteiger partial charge on any atom is 0.255 e. The maximum atomic E-state index is 11.9. The van der Waals surface area contributed by atoms with Crippen LogP contribution in [0.5, 0.6) is 0 Å². The van der Waals surface area contributed by atoms with Gasteiger partial charge in [0, 0.05) is 26.0 Å². The first-order valence-electron chi connectivity index (χ1n) is 4.95. The molecule has 0 N–H and O–H groups in total. The van der Waals surface area contributed by atoms with Crippen LogP contribution in [0.15, 0.2) is 12.3 Å². The second kappa shape index (κ2) is 5.86. The van der Waals surface area contributed by atoms with Gasteiger partial charge in [-0.3, -0.25) is 4.79 Å². The number of halogens is 2. The van der Waals surface area contributed by atoms with Crippen molar-refractivity contribution in [3.8, 4) is 0 Å².